The molecule has 0 fully saturated rings. The Morgan fingerprint density at radius 1 is 1.47 bits per heavy atom. The first-order chi connectivity index (χ1) is 7.15. The van der Waals surface area contributed by atoms with E-state index in [1.54, 1.807) is 18.3 Å². The summed E-state index contributed by atoms with van der Waals surface area (Å²) in [5, 5.41) is 6.42. The molecule has 0 saturated heterocycles. The van der Waals surface area contributed by atoms with Gasteiger partial charge in [-0.2, -0.15) is 4.98 Å². The molecule has 0 spiro atoms. The van der Waals surface area contributed by atoms with Crippen LogP contribution in [0, 0.1) is 0 Å². The van der Waals surface area contributed by atoms with Gasteiger partial charge in [0.15, 0.2) is 5.65 Å². The lowest BCUT2D eigenvalue weighted by molar-refractivity contribution is 0.163. The number of anilines is 1. The maximum Gasteiger partial charge on any atom is 0.255 e. The highest BCUT2D eigenvalue weighted by atomic mass is 79.9. The van der Waals surface area contributed by atoms with Crippen LogP contribution in [-0.2, 0) is 0 Å². The minimum absolute atomic E-state index is 0.202. The highest BCUT2D eigenvalue weighted by Gasteiger charge is 2.06. The van der Waals surface area contributed by atoms with Crippen LogP contribution in [0.2, 0.25) is 0 Å². The standard InChI is InChI=1S/C8H7BrF2N4/c9-5-1-2-7-13-8(12-3-6(10)11)14-15(7)4-5/h1-2,4,6H,3H2,(H,12,14). The Bertz CT molecular complexity index is 471. The second-order valence-corrected chi connectivity index (χ2v) is 3.77. The molecule has 0 aliphatic carbocycles. The third-order valence-corrected chi connectivity index (χ3v) is 2.18. The molecule has 0 aromatic carbocycles. The van der Waals surface area contributed by atoms with E-state index in [4.69, 9.17) is 0 Å². The molecule has 0 amide bonds. The number of fused-ring (bicyclic) bond motifs is 1. The number of hydrogen-bond acceptors (Lipinski definition) is 3. The molecular weight excluding hydrogens is 270 g/mol. The van der Waals surface area contributed by atoms with Gasteiger partial charge in [0.1, 0.15) is 0 Å². The van der Waals surface area contributed by atoms with Crippen molar-refractivity contribution in [3.05, 3.63) is 22.8 Å². The van der Waals surface area contributed by atoms with Crippen molar-refractivity contribution >= 4 is 27.5 Å². The minimum Gasteiger partial charge on any atom is -0.347 e. The second kappa shape index (κ2) is 4.09. The van der Waals surface area contributed by atoms with Crippen molar-refractivity contribution < 1.29 is 8.78 Å². The van der Waals surface area contributed by atoms with Crippen LogP contribution in [0.3, 0.4) is 0 Å². The first-order valence-electron chi connectivity index (χ1n) is 4.19. The van der Waals surface area contributed by atoms with E-state index < -0.39 is 13.0 Å². The van der Waals surface area contributed by atoms with Gasteiger partial charge in [-0.05, 0) is 28.1 Å². The van der Waals surface area contributed by atoms with Crippen molar-refractivity contribution in [3.63, 3.8) is 0 Å². The van der Waals surface area contributed by atoms with Crippen LogP contribution < -0.4 is 5.32 Å². The fourth-order valence-corrected chi connectivity index (χ4v) is 1.43. The van der Waals surface area contributed by atoms with Gasteiger partial charge < -0.3 is 5.32 Å². The van der Waals surface area contributed by atoms with E-state index in [0.717, 1.165) is 4.47 Å². The maximum atomic E-state index is 11.9. The van der Waals surface area contributed by atoms with Gasteiger partial charge in [-0.1, -0.05) is 0 Å². The summed E-state index contributed by atoms with van der Waals surface area (Å²) >= 11 is 3.27. The van der Waals surface area contributed by atoms with Gasteiger partial charge >= 0.3 is 0 Å². The van der Waals surface area contributed by atoms with Crippen LogP contribution >= 0.6 is 15.9 Å². The SMILES string of the molecule is FC(F)CNc1nc2ccc(Br)cn2n1. The highest BCUT2D eigenvalue weighted by Crippen LogP contribution is 2.12. The second-order valence-electron chi connectivity index (χ2n) is 2.86. The van der Waals surface area contributed by atoms with Gasteiger partial charge in [-0.25, -0.2) is 13.3 Å². The summed E-state index contributed by atoms with van der Waals surface area (Å²) in [5.74, 6) is 0.202. The summed E-state index contributed by atoms with van der Waals surface area (Å²) in [6, 6.07) is 3.55. The van der Waals surface area contributed by atoms with Crippen molar-refractivity contribution in [1.29, 1.82) is 0 Å². The number of nitrogens with one attached hydrogen (secondary N) is 1. The van der Waals surface area contributed by atoms with Crippen molar-refractivity contribution in [2.75, 3.05) is 11.9 Å². The van der Waals surface area contributed by atoms with E-state index in [1.807, 2.05) is 0 Å². The zero-order chi connectivity index (χ0) is 10.8. The zero-order valence-corrected chi connectivity index (χ0v) is 9.08. The number of pyridine rings is 1. The lowest BCUT2D eigenvalue weighted by Crippen LogP contribution is -2.11. The van der Waals surface area contributed by atoms with Crippen LogP contribution in [0.25, 0.3) is 5.65 Å². The van der Waals surface area contributed by atoms with Crippen LogP contribution in [-0.4, -0.2) is 27.6 Å². The summed E-state index contributed by atoms with van der Waals surface area (Å²) in [6.45, 7) is -0.446. The predicted molar refractivity (Wildman–Crippen MR) is 55.2 cm³/mol. The average Bonchev–Trinajstić information content (AvgIpc) is 2.56. The third kappa shape index (κ3) is 2.41. The minimum atomic E-state index is -2.41. The molecule has 0 radical (unpaired) electrons. The smallest absolute Gasteiger partial charge is 0.255 e. The van der Waals surface area contributed by atoms with Crippen molar-refractivity contribution in [1.82, 2.24) is 14.6 Å². The molecule has 80 valence electrons. The highest BCUT2D eigenvalue weighted by molar-refractivity contribution is 9.10. The lowest BCUT2D eigenvalue weighted by Gasteiger charge is -1.97. The van der Waals surface area contributed by atoms with Crippen molar-refractivity contribution in [2.45, 2.75) is 6.43 Å². The van der Waals surface area contributed by atoms with E-state index in [2.05, 4.69) is 31.3 Å². The van der Waals surface area contributed by atoms with E-state index in [-0.39, 0.29) is 5.95 Å². The van der Waals surface area contributed by atoms with E-state index in [0.29, 0.717) is 5.65 Å². The quantitative estimate of drug-likeness (QED) is 0.934. The molecule has 7 heteroatoms. The number of alkyl halides is 2. The normalized spacial score (nSPS) is 11.2. The third-order valence-electron chi connectivity index (χ3n) is 1.71. The van der Waals surface area contributed by atoms with Crippen molar-refractivity contribution in [2.24, 2.45) is 0 Å². The predicted octanol–water partition coefficient (Wildman–Crippen LogP) is 2.17. The molecule has 4 nitrogen and oxygen atoms in total. The van der Waals surface area contributed by atoms with Crippen LogP contribution in [0.1, 0.15) is 0 Å². The van der Waals surface area contributed by atoms with Gasteiger partial charge in [-0.15, -0.1) is 5.10 Å². The molecule has 0 atom stereocenters. The topological polar surface area (TPSA) is 42.2 Å². The first-order valence-corrected chi connectivity index (χ1v) is 4.98. The number of hydrogen-bond donors (Lipinski definition) is 1. The molecule has 15 heavy (non-hydrogen) atoms. The molecule has 0 aliphatic heterocycles. The molecule has 0 saturated carbocycles. The Labute approximate surface area is 92.4 Å². The van der Waals surface area contributed by atoms with Gasteiger partial charge in [0.25, 0.3) is 6.43 Å². The first kappa shape index (κ1) is 10.3. The van der Waals surface area contributed by atoms with E-state index >= 15 is 0 Å². The van der Waals surface area contributed by atoms with E-state index in [9.17, 15) is 8.78 Å². The fourth-order valence-electron chi connectivity index (χ4n) is 1.10. The summed E-state index contributed by atoms with van der Waals surface area (Å²) < 4.78 is 26.2. The average molecular weight is 277 g/mol. The Kier molecular flexibility index (Phi) is 2.81. The molecule has 0 aliphatic rings. The van der Waals surface area contributed by atoms with Gasteiger partial charge in [0.05, 0.1) is 6.54 Å². The summed E-state index contributed by atoms with van der Waals surface area (Å²) in [4.78, 5) is 4.01. The molecule has 2 rings (SSSR count). The van der Waals surface area contributed by atoms with Crippen LogP contribution in [0.4, 0.5) is 14.7 Å². The molecule has 2 aromatic rings. The monoisotopic (exact) mass is 276 g/mol. The Morgan fingerprint density at radius 3 is 3.00 bits per heavy atom. The van der Waals surface area contributed by atoms with E-state index in [1.165, 1.54) is 4.52 Å². The Balaban J connectivity index is 2.23. The number of aromatic nitrogens is 3. The molecule has 2 heterocycles. The zero-order valence-electron chi connectivity index (χ0n) is 7.49. The number of rotatable bonds is 3. The van der Waals surface area contributed by atoms with Crippen LogP contribution in [0.5, 0.6) is 0 Å². The summed E-state index contributed by atoms with van der Waals surface area (Å²) in [6.07, 6.45) is -0.709. The van der Waals surface area contributed by atoms with Crippen LogP contribution in [0.15, 0.2) is 22.8 Å². The van der Waals surface area contributed by atoms with Gasteiger partial charge in [0, 0.05) is 10.7 Å². The van der Waals surface area contributed by atoms with Gasteiger partial charge in [0.2, 0.25) is 5.95 Å². The van der Waals surface area contributed by atoms with Gasteiger partial charge in [-0.3, -0.25) is 0 Å². The summed E-state index contributed by atoms with van der Waals surface area (Å²) in [5.41, 5.74) is 0.606. The Morgan fingerprint density at radius 2 is 2.27 bits per heavy atom. The molecular formula is C8H7BrF2N4. The lowest BCUT2D eigenvalue weighted by atomic mass is 10.5. The fraction of sp³-hybridized carbons (Fsp3) is 0.250. The number of halogens is 3. The maximum absolute atomic E-state index is 11.9. The number of nitrogens with zero attached hydrogens (tertiary/aromatic N) is 3. The van der Waals surface area contributed by atoms with Crippen molar-refractivity contribution in [3.8, 4) is 0 Å². The Hall–Kier alpha value is -1.24. The molecule has 1 N–H and O–H groups in total. The molecule has 0 unspecified atom stereocenters. The summed E-state index contributed by atoms with van der Waals surface area (Å²) in [7, 11) is 0. The molecule has 0 bridgehead atoms. The molecule has 2 aromatic heterocycles. The largest absolute Gasteiger partial charge is 0.347 e.